The van der Waals surface area contributed by atoms with Gasteiger partial charge in [0, 0.05) is 18.8 Å². The quantitative estimate of drug-likeness (QED) is 0.810. The number of aliphatic hydroxyl groups is 1. The third kappa shape index (κ3) is 2.59. The average Bonchev–Trinajstić information content (AvgIpc) is 2.61. The van der Waals surface area contributed by atoms with Crippen molar-refractivity contribution in [2.24, 2.45) is 13.0 Å². The summed E-state index contributed by atoms with van der Waals surface area (Å²) in [5.41, 5.74) is 2.03. The van der Waals surface area contributed by atoms with Crippen LogP contribution in [0.3, 0.4) is 0 Å². The van der Waals surface area contributed by atoms with Crippen molar-refractivity contribution >= 4 is 0 Å². The van der Waals surface area contributed by atoms with E-state index in [4.69, 9.17) is 0 Å². The normalized spacial score (nSPS) is 13.5. The molecule has 3 heteroatoms. The second kappa shape index (κ2) is 5.31. The molecule has 0 fully saturated rings. The van der Waals surface area contributed by atoms with Crippen molar-refractivity contribution in [2.75, 3.05) is 0 Å². The van der Waals surface area contributed by atoms with E-state index in [2.05, 4.69) is 25.9 Å². The number of hydrogen-bond acceptors (Lipinski definition) is 2. The molecule has 0 saturated heterocycles. The van der Waals surface area contributed by atoms with Crippen LogP contribution < -0.4 is 0 Å². The van der Waals surface area contributed by atoms with Gasteiger partial charge in [0.15, 0.2) is 0 Å². The molecule has 0 radical (unpaired) electrons. The van der Waals surface area contributed by atoms with Gasteiger partial charge in [-0.15, -0.1) is 0 Å². The van der Waals surface area contributed by atoms with E-state index in [0.717, 1.165) is 30.5 Å². The van der Waals surface area contributed by atoms with Crippen molar-refractivity contribution in [3.8, 4) is 0 Å². The maximum absolute atomic E-state index is 10.3. The highest BCUT2D eigenvalue weighted by atomic mass is 16.3. The monoisotopic (exact) mass is 210 g/mol. The van der Waals surface area contributed by atoms with Crippen LogP contribution in [-0.2, 0) is 13.5 Å². The molecule has 0 aliphatic rings. The maximum Gasteiger partial charge on any atom is 0.0851 e. The van der Waals surface area contributed by atoms with Crippen LogP contribution in [0, 0.1) is 5.92 Å². The number of aryl methyl sites for hydroxylation is 2. The van der Waals surface area contributed by atoms with Gasteiger partial charge in [-0.1, -0.05) is 33.6 Å². The zero-order valence-electron chi connectivity index (χ0n) is 10.2. The van der Waals surface area contributed by atoms with E-state index in [1.165, 1.54) is 0 Å². The van der Waals surface area contributed by atoms with Crippen LogP contribution in [0.1, 0.15) is 51.0 Å². The number of hydrogen-bond donors (Lipinski definition) is 1. The lowest BCUT2D eigenvalue weighted by Gasteiger charge is -2.19. The lowest BCUT2D eigenvalue weighted by Crippen LogP contribution is -2.11. The van der Waals surface area contributed by atoms with Crippen molar-refractivity contribution in [3.05, 3.63) is 17.5 Å². The standard InChI is InChI=1S/C12H22N2O/c1-5-9(6-2)12(15)10-8-14(4)13-11(10)7-3/h8-9,12,15H,5-7H2,1-4H3. The van der Waals surface area contributed by atoms with Crippen LogP contribution in [0.2, 0.25) is 0 Å². The molecule has 0 aliphatic heterocycles. The highest BCUT2D eigenvalue weighted by Gasteiger charge is 2.21. The largest absolute Gasteiger partial charge is 0.388 e. The van der Waals surface area contributed by atoms with E-state index in [1.807, 2.05) is 13.2 Å². The van der Waals surface area contributed by atoms with Crippen LogP contribution in [-0.4, -0.2) is 14.9 Å². The molecule has 0 amide bonds. The first kappa shape index (κ1) is 12.2. The average molecular weight is 210 g/mol. The van der Waals surface area contributed by atoms with Crippen molar-refractivity contribution < 1.29 is 5.11 Å². The topological polar surface area (TPSA) is 38.0 Å². The van der Waals surface area contributed by atoms with Crippen LogP contribution in [0.5, 0.6) is 0 Å². The van der Waals surface area contributed by atoms with Crippen molar-refractivity contribution in [2.45, 2.75) is 46.1 Å². The smallest absolute Gasteiger partial charge is 0.0851 e. The first-order valence-corrected chi connectivity index (χ1v) is 5.84. The first-order chi connectivity index (χ1) is 7.13. The Labute approximate surface area is 92.1 Å². The molecule has 1 aromatic rings. The third-order valence-corrected chi connectivity index (χ3v) is 3.09. The number of nitrogens with zero attached hydrogens (tertiary/aromatic N) is 2. The Bertz CT molecular complexity index is 303. The first-order valence-electron chi connectivity index (χ1n) is 5.84. The summed E-state index contributed by atoms with van der Waals surface area (Å²) in [7, 11) is 1.91. The molecule has 15 heavy (non-hydrogen) atoms. The molecule has 1 atom stereocenters. The van der Waals surface area contributed by atoms with E-state index in [9.17, 15) is 5.11 Å². The molecule has 3 nitrogen and oxygen atoms in total. The van der Waals surface area contributed by atoms with Gasteiger partial charge in [0.1, 0.15) is 0 Å². The summed E-state index contributed by atoms with van der Waals surface area (Å²) >= 11 is 0. The zero-order chi connectivity index (χ0) is 11.4. The predicted octanol–water partition coefficient (Wildman–Crippen LogP) is 2.45. The Morgan fingerprint density at radius 3 is 2.40 bits per heavy atom. The molecule has 1 unspecified atom stereocenters. The molecule has 0 aromatic carbocycles. The van der Waals surface area contributed by atoms with Gasteiger partial charge in [0.05, 0.1) is 11.8 Å². The molecule has 1 N–H and O–H groups in total. The Morgan fingerprint density at radius 2 is 1.93 bits per heavy atom. The number of aliphatic hydroxyl groups excluding tert-OH is 1. The van der Waals surface area contributed by atoms with Crippen LogP contribution in [0.15, 0.2) is 6.20 Å². The molecule has 86 valence electrons. The number of aromatic nitrogens is 2. The van der Waals surface area contributed by atoms with Gasteiger partial charge >= 0.3 is 0 Å². The van der Waals surface area contributed by atoms with Gasteiger partial charge in [-0.2, -0.15) is 5.10 Å². The maximum atomic E-state index is 10.3. The van der Waals surface area contributed by atoms with Crippen molar-refractivity contribution in [1.82, 2.24) is 9.78 Å². The fraction of sp³-hybridized carbons (Fsp3) is 0.750. The molecule has 1 rings (SSSR count). The van der Waals surface area contributed by atoms with Gasteiger partial charge < -0.3 is 5.11 Å². The Balaban J connectivity index is 2.93. The van der Waals surface area contributed by atoms with E-state index < -0.39 is 0 Å². The summed E-state index contributed by atoms with van der Waals surface area (Å²) < 4.78 is 1.79. The highest BCUT2D eigenvalue weighted by Crippen LogP contribution is 2.29. The van der Waals surface area contributed by atoms with Crippen LogP contribution in [0.25, 0.3) is 0 Å². The second-order valence-electron chi connectivity index (χ2n) is 4.08. The molecule has 0 saturated carbocycles. The Kier molecular flexibility index (Phi) is 4.33. The molecular formula is C12H22N2O. The zero-order valence-corrected chi connectivity index (χ0v) is 10.2. The minimum absolute atomic E-state index is 0.347. The lowest BCUT2D eigenvalue weighted by atomic mass is 9.91. The summed E-state index contributed by atoms with van der Waals surface area (Å²) in [4.78, 5) is 0. The summed E-state index contributed by atoms with van der Waals surface area (Å²) in [5, 5.41) is 14.6. The lowest BCUT2D eigenvalue weighted by molar-refractivity contribution is 0.102. The van der Waals surface area contributed by atoms with E-state index in [1.54, 1.807) is 4.68 Å². The van der Waals surface area contributed by atoms with E-state index in [0.29, 0.717) is 5.92 Å². The molecule has 0 bridgehead atoms. The van der Waals surface area contributed by atoms with E-state index in [-0.39, 0.29) is 6.10 Å². The second-order valence-corrected chi connectivity index (χ2v) is 4.08. The minimum atomic E-state index is -0.358. The Hall–Kier alpha value is -0.830. The Morgan fingerprint density at radius 1 is 1.33 bits per heavy atom. The van der Waals surface area contributed by atoms with Crippen molar-refractivity contribution in [1.29, 1.82) is 0 Å². The summed E-state index contributed by atoms with van der Waals surface area (Å²) in [6, 6.07) is 0. The molecular weight excluding hydrogens is 188 g/mol. The third-order valence-electron chi connectivity index (χ3n) is 3.09. The van der Waals surface area contributed by atoms with E-state index >= 15 is 0 Å². The predicted molar refractivity (Wildman–Crippen MR) is 61.6 cm³/mol. The van der Waals surface area contributed by atoms with Gasteiger partial charge in [-0.25, -0.2) is 0 Å². The minimum Gasteiger partial charge on any atom is -0.388 e. The summed E-state index contributed by atoms with van der Waals surface area (Å²) in [6.45, 7) is 6.32. The molecule has 0 aliphatic carbocycles. The summed E-state index contributed by atoms with van der Waals surface area (Å²) in [5.74, 6) is 0.347. The SMILES string of the molecule is CCc1nn(C)cc1C(O)C(CC)CC. The van der Waals surface area contributed by atoms with Gasteiger partial charge in [-0.3, -0.25) is 4.68 Å². The van der Waals surface area contributed by atoms with Gasteiger partial charge in [0.2, 0.25) is 0 Å². The molecule has 0 spiro atoms. The van der Waals surface area contributed by atoms with Crippen molar-refractivity contribution in [3.63, 3.8) is 0 Å². The fourth-order valence-electron chi connectivity index (χ4n) is 2.06. The molecule has 1 heterocycles. The molecule has 1 aromatic heterocycles. The number of rotatable bonds is 5. The van der Waals surface area contributed by atoms with Crippen LogP contribution >= 0.6 is 0 Å². The fourth-order valence-corrected chi connectivity index (χ4v) is 2.06. The highest BCUT2D eigenvalue weighted by molar-refractivity contribution is 5.20. The van der Waals surface area contributed by atoms with Gasteiger partial charge in [-0.05, 0) is 12.3 Å². The van der Waals surface area contributed by atoms with Gasteiger partial charge in [0.25, 0.3) is 0 Å². The summed E-state index contributed by atoms with van der Waals surface area (Å²) in [6.07, 6.45) is 4.49. The van der Waals surface area contributed by atoms with Crippen LogP contribution in [0.4, 0.5) is 0 Å².